The number of imidazole rings is 1. The third-order valence-corrected chi connectivity index (χ3v) is 8.80. The van der Waals surface area contributed by atoms with Crippen LogP contribution in [0.3, 0.4) is 0 Å². The van der Waals surface area contributed by atoms with Gasteiger partial charge < -0.3 is 4.57 Å². The van der Waals surface area contributed by atoms with Crippen molar-refractivity contribution in [1.82, 2.24) is 23.4 Å². The van der Waals surface area contributed by atoms with E-state index in [2.05, 4.69) is 56.7 Å². The zero-order valence-electron chi connectivity index (χ0n) is 19.5. The molecule has 1 aliphatic rings. The maximum absolute atomic E-state index is 13.3. The molecule has 35 heavy (non-hydrogen) atoms. The van der Waals surface area contributed by atoms with Crippen LogP contribution in [-0.2, 0) is 16.6 Å². The van der Waals surface area contributed by atoms with E-state index in [1.54, 1.807) is 42.7 Å². The predicted molar refractivity (Wildman–Crippen MR) is 137 cm³/mol. The number of fused-ring (bicyclic) bond motifs is 3. The van der Waals surface area contributed by atoms with E-state index in [9.17, 15) is 8.42 Å². The second kappa shape index (κ2) is 8.62. The first-order valence-corrected chi connectivity index (χ1v) is 13.4. The standard InChI is InChI=1S/C27H27N5O2S/c1-20-16-22(12-14-30(20)18-21-8-4-2-5-9-21)31-19-29-25-17-28-27-24(26(25)31)13-15-32(27)35(33,34)23-10-6-3-7-11-23/h2-11,13,15,17,19-20,22H,12,14,16,18H2,1H3/t20-,22+/m0/s1. The van der Waals surface area contributed by atoms with Gasteiger partial charge in [-0.25, -0.2) is 22.4 Å². The molecule has 0 aliphatic carbocycles. The molecule has 7 nitrogen and oxygen atoms in total. The molecule has 3 aromatic heterocycles. The Morgan fingerprint density at radius 2 is 1.71 bits per heavy atom. The summed E-state index contributed by atoms with van der Waals surface area (Å²) < 4.78 is 30.1. The molecule has 0 unspecified atom stereocenters. The van der Waals surface area contributed by atoms with Crippen molar-refractivity contribution in [2.75, 3.05) is 6.54 Å². The summed E-state index contributed by atoms with van der Waals surface area (Å²) in [5, 5.41) is 0.805. The van der Waals surface area contributed by atoms with E-state index in [-0.39, 0.29) is 4.90 Å². The molecule has 8 heteroatoms. The molecule has 178 valence electrons. The molecule has 4 heterocycles. The maximum atomic E-state index is 13.3. The Morgan fingerprint density at radius 3 is 2.46 bits per heavy atom. The average molecular weight is 486 g/mol. The fourth-order valence-corrected chi connectivity index (χ4v) is 6.59. The van der Waals surface area contributed by atoms with Gasteiger partial charge >= 0.3 is 0 Å². The summed E-state index contributed by atoms with van der Waals surface area (Å²) in [5.74, 6) is 0. The fraction of sp³-hybridized carbons (Fsp3) is 0.259. The first-order chi connectivity index (χ1) is 17.0. The number of rotatable bonds is 5. The van der Waals surface area contributed by atoms with Crippen molar-refractivity contribution >= 4 is 32.1 Å². The van der Waals surface area contributed by atoms with E-state index in [1.807, 2.05) is 12.4 Å². The molecule has 0 spiro atoms. The molecule has 0 amide bonds. The molecule has 1 aliphatic heterocycles. The summed E-state index contributed by atoms with van der Waals surface area (Å²) in [6.07, 6.45) is 7.18. The zero-order chi connectivity index (χ0) is 24.0. The Balaban J connectivity index is 1.34. The molecule has 2 atom stereocenters. The summed E-state index contributed by atoms with van der Waals surface area (Å²) in [5.41, 5.74) is 3.50. The monoisotopic (exact) mass is 485 g/mol. The molecule has 0 bridgehead atoms. The van der Waals surface area contributed by atoms with Crippen LogP contribution in [0.25, 0.3) is 22.1 Å². The molecule has 6 rings (SSSR count). The van der Waals surface area contributed by atoms with Crippen molar-refractivity contribution in [2.45, 2.75) is 43.3 Å². The minimum atomic E-state index is -3.74. The molecule has 2 aromatic carbocycles. The lowest BCUT2D eigenvalue weighted by Crippen LogP contribution is -2.40. The van der Waals surface area contributed by atoms with Crippen molar-refractivity contribution in [3.8, 4) is 0 Å². The van der Waals surface area contributed by atoms with Gasteiger partial charge in [0.2, 0.25) is 0 Å². The van der Waals surface area contributed by atoms with E-state index in [4.69, 9.17) is 0 Å². The van der Waals surface area contributed by atoms with Crippen molar-refractivity contribution in [3.05, 3.63) is 91.0 Å². The normalized spacial score (nSPS) is 19.5. The number of pyridine rings is 1. The van der Waals surface area contributed by atoms with Crippen LogP contribution in [0, 0.1) is 0 Å². The minimum Gasteiger partial charge on any atom is -0.327 e. The molecular weight excluding hydrogens is 458 g/mol. The predicted octanol–water partition coefficient (Wildman–Crippen LogP) is 4.85. The molecule has 1 fully saturated rings. The Labute approximate surface area is 204 Å². The van der Waals surface area contributed by atoms with Gasteiger partial charge in [-0.15, -0.1) is 0 Å². The molecule has 5 aromatic rings. The second-order valence-corrected chi connectivity index (χ2v) is 11.1. The van der Waals surface area contributed by atoms with Crippen molar-refractivity contribution in [3.63, 3.8) is 0 Å². The Bertz CT molecular complexity index is 1590. The van der Waals surface area contributed by atoms with Crippen LogP contribution < -0.4 is 0 Å². The lowest BCUT2D eigenvalue weighted by Gasteiger charge is -2.38. The van der Waals surface area contributed by atoms with Gasteiger partial charge in [0, 0.05) is 36.8 Å². The average Bonchev–Trinajstić information content (AvgIpc) is 3.51. The van der Waals surface area contributed by atoms with Gasteiger partial charge in [0.15, 0.2) is 5.65 Å². The van der Waals surface area contributed by atoms with Gasteiger partial charge in [-0.05, 0) is 43.5 Å². The van der Waals surface area contributed by atoms with E-state index in [1.165, 1.54) is 9.54 Å². The minimum absolute atomic E-state index is 0.243. The fourth-order valence-electron chi connectivity index (χ4n) is 5.26. The smallest absolute Gasteiger partial charge is 0.269 e. The lowest BCUT2D eigenvalue weighted by atomic mass is 9.97. The zero-order valence-corrected chi connectivity index (χ0v) is 20.3. The number of nitrogens with zero attached hydrogens (tertiary/aromatic N) is 5. The number of piperidine rings is 1. The summed E-state index contributed by atoms with van der Waals surface area (Å²) in [7, 11) is -3.74. The highest BCUT2D eigenvalue weighted by Gasteiger charge is 2.28. The van der Waals surface area contributed by atoms with Gasteiger partial charge in [-0.3, -0.25) is 4.90 Å². The summed E-state index contributed by atoms with van der Waals surface area (Å²) in [6, 6.07) is 21.6. The Kier molecular flexibility index (Phi) is 5.42. The lowest BCUT2D eigenvalue weighted by molar-refractivity contribution is 0.120. The number of likely N-dealkylation sites (tertiary alicyclic amines) is 1. The Morgan fingerprint density at radius 1 is 0.971 bits per heavy atom. The quantitative estimate of drug-likeness (QED) is 0.356. The summed E-state index contributed by atoms with van der Waals surface area (Å²) in [4.78, 5) is 11.9. The third-order valence-electron chi connectivity index (χ3n) is 7.12. The van der Waals surface area contributed by atoms with Crippen LogP contribution in [-0.4, -0.2) is 44.4 Å². The van der Waals surface area contributed by atoms with Crippen LogP contribution in [0.2, 0.25) is 0 Å². The Hall–Kier alpha value is -3.49. The van der Waals surface area contributed by atoms with Gasteiger partial charge in [-0.1, -0.05) is 48.5 Å². The van der Waals surface area contributed by atoms with Crippen LogP contribution in [0.4, 0.5) is 0 Å². The number of benzene rings is 2. The van der Waals surface area contributed by atoms with E-state index < -0.39 is 10.0 Å². The number of hydrogen-bond acceptors (Lipinski definition) is 5. The van der Waals surface area contributed by atoms with Gasteiger partial charge in [0.1, 0.15) is 5.52 Å². The third kappa shape index (κ3) is 3.83. The largest absolute Gasteiger partial charge is 0.327 e. The second-order valence-electron chi connectivity index (χ2n) is 9.29. The highest BCUT2D eigenvalue weighted by Crippen LogP contribution is 2.34. The van der Waals surface area contributed by atoms with Gasteiger partial charge in [0.25, 0.3) is 10.0 Å². The SMILES string of the molecule is C[C@H]1C[C@H](n2cnc3cnc4c(ccn4S(=O)(=O)c4ccccc4)c32)CCN1Cc1ccccc1. The van der Waals surface area contributed by atoms with Crippen molar-refractivity contribution in [2.24, 2.45) is 0 Å². The van der Waals surface area contributed by atoms with Gasteiger partial charge in [-0.2, -0.15) is 0 Å². The van der Waals surface area contributed by atoms with Crippen LogP contribution in [0.1, 0.15) is 31.4 Å². The summed E-state index contributed by atoms with van der Waals surface area (Å²) >= 11 is 0. The van der Waals surface area contributed by atoms with E-state index in [0.717, 1.165) is 42.4 Å². The van der Waals surface area contributed by atoms with E-state index >= 15 is 0 Å². The molecule has 1 saturated heterocycles. The first-order valence-electron chi connectivity index (χ1n) is 11.9. The number of hydrogen-bond donors (Lipinski definition) is 0. The maximum Gasteiger partial charge on any atom is 0.269 e. The first kappa shape index (κ1) is 22.0. The van der Waals surface area contributed by atoms with Crippen LogP contribution >= 0.6 is 0 Å². The highest BCUT2D eigenvalue weighted by atomic mass is 32.2. The van der Waals surface area contributed by atoms with Crippen molar-refractivity contribution in [1.29, 1.82) is 0 Å². The van der Waals surface area contributed by atoms with Crippen LogP contribution in [0.5, 0.6) is 0 Å². The molecule has 0 N–H and O–H groups in total. The molecule has 0 radical (unpaired) electrons. The molecular formula is C27H27N5O2S. The van der Waals surface area contributed by atoms with Crippen molar-refractivity contribution < 1.29 is 8.42 Å². The molecule has 0 saturated carbocycles. The summed E-state index contributed by atoms with van der Waals surface area (Å²) in [6.45, 7) is 4.24. The highest BCUT2D eigenvalue weighted by molar-refractivity contribution is 7.90. The van der Waals surface area contributed by atoms with E-state index in [0.29, 0.717) is 17.7 Å². The topological polar surface area (TPSA) is 73.0 Å². The van der Waals surface area contributed by atoms with Gasteiger partial charge in [0.05, 0.1) is 22.9 Å². The van der Waals surface area contributed by atoms with Crippen LogP contribution in [0.15, 0.2) is 90.3 Å². The number of aromatic nitrogens is 4.